The zero-order valence-corrected chi connectivity index (χ0v) is 22.5. The maximum Gasteiger partial charge on any atom is 0.308 e. The molecular formula is C30H33NO6S. The third kappa shape index (κ3) is 7.08. The van der Waals surface area contributed by atoms with Gasteiger partial charge in [0.15, 0.2) is 0 Å². The Morgan fingerprint density at radius 1 is 0.737 bits per heavy atom. The van der Waals surface area contributed by atoms with E-state index in [1.807, 2.05) is 36.4 Å². The molecule has 7 nitrogen and oxygen atoms in total. The lowest BCUT2D eigenvalue weighted by molar-refractivity contribution is -0.132. The second-order valence-electron chi connectivity index (χ2n) is 9.61. The zero-order chi connectivity index (χ0) is 27.1. The number of nitrogens with one attached hydrogen (secondary N) is 1. The van der Waals surface area contributed by atoms with E-state index in [1.165, 1.54) is 13.8 Å². The number of ether oxygens (including phenoxy) is 2. The van der Waals surface area contributed by atoms with E-state index in [0.717, 1.165) is 49.7 Å². The summed E-state index contributed by atoms with van der Waals surface area (Å²) >= 11 is 0. The molecule has 3 aromatic carbocycles. The van der Waals surface area contributed by atoms with Gasteiger partial charge in [-0.3, -0.25) is 9.59 Å². The molecule has 0 aromatic heterocycles. The van der Waals surface area contributed by atoms with Crippen molar-refractivity contribution < 1.29 is 27.5 Å². The van der Waals surface area contributed by atoms with E-state index in [4.69, 9.17) is 9.47 Å². The van der Waals surface area contributed by atoms with Crippen LogP contribution < -0.4 is 14.2 Å². The summed E-state index contributed by atoms with van der Waals surface area (Å²) in [5, 5.41) is 0. The summed E-state index contributed by atoms with van der Waals surface area (Å²) < 4.78 is 40.8. The standard InChI is InChI=1S/C30H33NO6S/c1-21(32)36-26-17-13-23(14-18-26)30(24-15-19-27(20-16-24)37-22(2)33)28-11-7-8-12-29(28)38(34,35)31-25-9-5-3-4-6-10-25/h7-8,11-20,25,30-31H,3-6,9-10H2,1-2H3. The van der Waals surface area contributed by atoms with Crippen LogP contribution >= 0.6 is 0 Å². The monoisotopic (exact) mass is 535 g/mol. The van der Waals surface area contributed by atoms with E-state index in [1.54, 1.807) is 36.4 Å². The molecule has 0 atom stereocenters. The first-order chi connectivity index (χ1) is 18.2. The molecular weight excluding hydrogens is 502 g/mol. The zero-order valence-electron chi connectivity index (χ0n) is 21.7. The third-order valence-corrected chi connectivity index (χ3v) is 8.24. The van der Waals surface area contributed by atoms with Crippen LogP contribution in [-0.2, 0) is 19.6 Å². The first-order valence-corrected chi connectivity index (χ1v) is 14.4. The first kappa shape index (κ1) is 27.5. The Hall–Kier alpha value is -3.49. The highest BCUT2D eigenvalue weighted by atomic mass is 32.2. The fourth-order valence-corrected chi connectivity index (χ4v) is 6.54. The Labute approximate surface area is 224 Å². The van der Waals surface area contributed by atoms with Crippen LogP contribution in [0.2, 0.25) is 0 Å². The maximum atomic E-state index is 13.7. The van der Waals surface area contributed by atoms with E-state index in [0.29, 0.717) is 17.1 Å². The average molecular weight is 536 g/mol. The smallest absolute Gasteiger partial charge is 0.308 e. The topological polar surface area (TPSA) is 98.8 Å². The van der Waals surface area contributed by atoms with Gasteiger partial charge in [0.1, 0.15) is 11.5 Å². The second-order valence-corrected chi connectivity index (χ2v) is 11.3. The van der Waals surface area contributed by atoms with Crippen LogP contribution in [0.4, 0.5) is 0 Å². The number of benzene rings is 3. The van der Waals surface area contributed by atoms with Gasteiger partial charge in [-0.25, -0.2) is 13.1 Å². The number of hydrogen-bond acceptors (Lipinski definition) is 6. The normalized spacial score (nSPS) is 14.6. The van der Waals surface area contributed by atoms with Crippen LogP contribution in [0.15, 0.2) is 77.7 Å². The second kappa shape index (κ2) is 12.4. The van der Waals surface area contributed by atoms with Gasteiger partial charge in [-0.1, -0.05) is 68.1 Å². The molecule has 0 aliphatic heterocycles. The molecule has 0 heterocycles. The largest absolute Gasteiger partial charge is 0.427 e. The lowest BCUT2D eigenvalue weighted by Gasteiger charge is -2.24. The van der Waals surface area contributed by atoms with E-state index < -0.39 is 27.9 Å². The van der Waals surface area contributed by atoms with Crippen molar-refractivity contribution in [2.24, 2.45) is 0 Å². The van der Waals surface area contributed by atoms with Crippen molar-refractivity contribution in [2.45, 2.75) is 69.2 Å². The number of carbonyl (C=O) groups excluding carboxylic acids is 2. The van der Waals surface area contributed by atoms with Crippen molar-refractivity contribution in [1.82, 2.24) is 4.72 Å². The van der Waals surface area contributed by atoms with Crippen molar-refractivity contribution in [3.8, 4) is 11.5 Å². The number of rotatable bonds is 8. The average Bonchev–Trinajstić information content (AvgIpc) is 3.14. The molecule has 1 saturated carbocycles. The molecule has 8 heteroatoms. The summed E-state index contributed by atoms with van der Waals surface area (Å²) in [7, 11) is -3.80. The summed E-state index contributed by atoms with van der Waals surface area (Å²) in [4.78, 5) is 23.0. The van der Waals surface area contributed by atoms with Gasteiger partial charge in [0.2, 0.25) is 10.0 Å². The molecule has 0 unspecified atom stereocenters. The molecule has 3 aromatic rings. The van der Waals surface area contributed by atoms with E-state index in [9.17, 15) is 18.0 Å². The van der Waals surface area contributed by atoms with Crippen LogP contribution in [0.5, 0.6) is 11.5 Å². The minimum atomic E-state index is -3.80. The Balaban J connectivity index is 1.77. The van der Waals surface area contributed by atoms with Crippen molar-refractivity contribution in [1.29, 1.82) is 0 Å². The number of hydrogen-bond donors (Lipinski definition) is 1. The highest BCUT2D eigenvalue weighted by molar-refractivity contribution is 7.89. The van der Waals surface area contributed by atoms with Gasteiger partial charge in [0.05, 0.1) is 4.90 Å². The van der Waals surface area contributed by atoms with Crippen molar-refractivity contribution in [3.63, 3.8) is 0 Å². The van der Waals surface area contributed by atoms with Crippen molar-refractivity contribution >= 4 is 22.0 Å². The maximum absolute atomic E-state index is 13.7. The Kier molecular flexibility index (Phi) is 8.97. The van der Waals surface area contributed by atoms with Gasteiger partial charge in [0.25, 0.3) is 0 Å². The quantitative estimate of drug-likeness (QED) is 0.171. The van der Waals surface area contributed by atoms with Gasteiger partial charge >= 0.3 is 11.9 Å². The lowest BCUT2D eigenvalue weighted by atomic mass is 9.85. The Morgan fingerprint density at radius 3 is 1.68 bits per heavy atom. The summed E-state index contributed by atoms with van der Waals surface area (Å²) in [6.07, 6.45) is 5.95. The van der Waals surface area contributed by atoms with Gasteiger partial charge in [-0.05, 0) is 59.9 Å². The molecule has 0 amide bonds. The number of esters is 2. The highest BCUT2D eigenvalue weighted by Crippen LogP contribution is 2.37. The van der Waals surface area contributed by atoms with Crippen LogP contribution in [0, 0.1) is 0 Å². The summed E-state index contributed by atoms with van der Waals surface area (Å²) in [6, 6.07) is 21.0. The van der Waals surface area contributed by atoms with Gasteiger partial charge < -0.3 is 9.47 Å². The van der Waals surface area contributed by atoms with Crippen molar-refractivity contribution in [3.05, 3.63) is 89.5 Å². The van der Waals surface area contributed by atoms with Crippen LogP contribution in [0.3, 0.4) is 0 Å². The van der Waals surface area contributed by atoms with Gasteiger partial charge in [-0.2, -0.15) is 0 Å². The first-order valence-electron chi connectivity index (χ1n) is 12.9. The molecule has 1 fully saturated rings. The lowest BCUT2D eigenvalue weighted by Crippen LogP contribution is -2.35. The minimum absolute atomic E-state index is 0.0833. The summed E-state index contributed by atoms with van der Waals surface area (Å²) in [5.41, 5.74) is 2.26. The molecule has 0 spiro atoms. The Morgan fingerprint density at radius 2 is 1.21 bits per heavy atom. The van der Waals surface area contributed by atoms with Crippen LogP contribution in [0.25, 0.3) is 0 Å². The molecule has 200 valence electrons. The van der Waals surface area contributed by atoms with Crippen LogP contribution in [-0.4, -0.2) is 26.4 Å². The molecule has 1 aliphatic carbocycles. The third-order valence-electron chi connectivity index (χ3n) is 6.65. The van der Waals surface area contributed by atoms with Gasteiger partial charge in [-0.15, -0.1) is 0 Å². The predicted octanol–water partition coefficient (Wildman–Crippen LogP) is 5.72. The fraction of sp³-hybridized carbons (Fsp3) is 0.333. The predicted molar refractivity (Wildman–Crippen MR) is 145 cm³/mol. The SMILES string of the molecule is CC(=O)Oc1ccc(C(c2ccc(OC(C)=O)cc2)c2ccccc2S(=O)(=O)NC2CCCCCC2)cc1. The molecule has 38 heavy (non-hydrogen) atoms. The van der Waals surface area contributed by atoms with E-state index in [-0.39, 0.29) is 10.9 Å². The summed E-state index contributed by atoms with van der Waals surface area (Å²) in [6.45, 7) is 2.67. The van der Waals surface area contributed by atoms with Gasteiger partial charge in [0, 0.05) is 25.8 Å². The molecule has 4 rings (SSSR count). The molecule has 0 bridgehead atoms. The Bertz CT molecular complexity index is 1300. The molecule has 0 radical (unpaired) electrons. The summed E-state index contributed by atoms with van der Waals surface area (Å²) in [5.74, 6) is -0.482. The number of sulfonamides is 1. The molecule has 0 saturated heterocycles. The fourth-order valence-electron chi connectivity index (χ4n) is 4.98. The molecule has 1 aliphatic rings. The molecule has 1 N–H and O–H groups in total. The highest BCUT2D eigenvalue weighted by Gasteiger charge is 2.28. The van der Waals surface area contributed by atoms with E-state index in [2.05, 4.69) is 4.72 Å². The minimum Gasteiger partial charge on any atom is -0.427 e. The van der Waals surface area contributed by atoms with Crippen LogP contribution in [0.1, 0.15) is 75.0 Å². The number of carbonyl (C=O) groups is 2. The van der Waals surface area contributed by atoms with Crippen molar-refractivity contribution in [2.75, 3.05) is 0 Å². The van der Waals surface area contributed by atoms with E-state index >= 15 is 0 Å².